The van der Waals surface area contributed by atoms with E-state index in [2.05, 4.69) is 0 Å². The number of amides is 1. The second-order valence-electron chi connectivity index (χ2n) is 11.4. The van der Waals surface area contributed by atoms with Gasteiger partial charge in [0.15, 0.2) is 0 Å². The number of cyclic esters (lactones) is 1. The van der Waals surface area contributed by atoms with E-state index in [-0.39, 0.29) is 59.8 Å². The number of benzene rings is 3. The highest BCUT2D eigenvalue weighted by molar-refractivity contribution is 5.78. The maximum absolute atomic E-state index is 14.9. The third-order valence-corrected chi connectivity index (χ3v) is 8.40. The minimum absolute atomic E-state index is 0.0262. The van der Waals surface area contributed by atoms with E-state index in [0.717, 1.165) is 29.2 Å². The third-order valence-electron chi connectivity index (χ3n) is 8.40. The standard InChI is InChI=1S/C32H25F10NO5/c1-47-26-14-23(33)15(5-8-27(44)45)11-22(26)20-7-6-17(30(34,35)36)13-21(20)24-3-2-4-25-28(48-29(46)43(24)25)16-9-18(31(37,38)39)12-19(10-16)32(40,41)42/h6-7,9-14,24-25,28H,2-5,8H2,1H3,(H,44,45)/t24-,25-,28+/m0/s1. The van der Waals surface area contributed by atoms with Crippen molar-refractivity contribution in [1.29, 1.82) is 0 Å². The number of alkyl halides is 9. The number of hydrogen-bond donors (Lipinski definition) is 1. The lowest BCUT2D eigenvalue weighted by Crippen LogP contribution is -2.41. The molecule has 0 bridgehead atoms. The summed E-state index contributed by atoms with van der Waals surface area (Å²) in [6.07, 6.45) is -18.5. The van der Waals surface area contributed by atoms with Crippen molar-refractivity contribution in [3.8, 4) is 16.9 Å². The summed E-state index contributed by atoms with van der Waals surface area (Å²) < 4.78 is 149. The Kier molecular flexibility index (Phi) is 9.07. The van der Waals surface area contributed by atoms with Gasteiger partial charge in [0.2, 0.25) is 0 Å². The van der Waals surface area contributed by atoms with Gasteiger partial charge in [0.1, 0.15) is 17.7 Å². The second-order valence-corrected chi connectivity index (χ2v) is 11.4. The lowest BCUT2D eigenvalue weighted by molar-refractivity contribution is -0.143. The molecular formula is C32H25F10NO5. The monoisotopic (exact) mass is 693 g/mol. The van der Waals surface area contributed by atoms with Crippen molar-refractivity contribution in [1.82, 2.24) is 4.90 Å². The molecule has 6 nitrogen and oxygen atoms in total. The number of carbonyl (C=O) groups excluding carboxylic acids is 1. The molecule has 2 saturated heterocycles. The molecule has 2 fully saturated rings. The Bertz CT molecular complexity index is 1700. The molecule has 1 N–H and O–H groups in total. The van der Waals surface area contributed by atoms with Gasteiger partial charge in [-0.05, 0) is 84.3 Å². The van der Waals surface area contributed by atoms with E-state index in [1.807, 2.05) is 0 Å². The molecule has 3 aromatic rings. The molecule has 16 heteroatoms. The van der Waals surface area contributed by atoms with E-state index < -0.39 is 83.3 Å². The number of nitrogens with zero attached hydrogens (tertiary/aromatic N) is 1. The summed E-state index contributed by atoms with van der Waals surface area (Å²) in [5.41, 5.74) is -5.10. The van der Waals surface area contributed by atoms with Crippen LogP contribution < -0.4 is 4.74 Å². The number of fused-ring (bicyclic) bond motifs is 1. The van der Waals surface area contributed by atoms with E-state index in [9.17, 15) is 53.5 Å². The normalized spacial score (nSPS) is 20.0. The average Bonchev–Trinajstić information content (AvgIpc) is 3.35. The second kappa shape index (κ2) is 12.5. The summed E-state index contributed by atoms with van der Waals surface area (Å²) in [7, 11) is 1.17. The van der Waals surface area contributed by atoms with Gasteiger partial charge in [-0.3, -0.25) is 9.69 Å². The zero-order valence-corrected chi connectivity index (χ0v) is 24.7. The Morgan fingerprint density at radius 3 is 2.06 bits per heavy atom. The van der Waals surface area contributed by atoms with Crippen molar-refractivity contribution in [2.45, 2.75) is 68.8 Å². The first-order chi connectivity index (χ1) is 22.3. The number of hydrogen-bond acceptors (Lipinski definition) is 4. The molecule has 3 atom stereocenters. The van der Waals surface area contributed by atoms with Gasteiger partial charge >= 0.3 is 30.6 Å². The number of carbonyl (C=O) groups is 2. The first-order valence-electron chi connectivity index (χ1n) is 14.4. The molecular weight excluding hydrogens is 668 g/mol. The lowest BCUT2D eigenvalue weighted by atomic mass is 9.83. The van der Waals surface area contributed by atoms with E-state index in [1.165, 1.54) is 13.2 Å². The zero-order chi connectivity index (χ0) is 35.3. The fourth-order valence-electron chi connectivity index (χ4n) is 6.25. The molecule has 2 aliphatic rings. The summed E-state index contributed by atoms with van der Waals surface area (Å²) in [5.74, 6) is -2.21. The fraction of sp³-hybridized carbons (Fsp3) is 0.375. The predicted molar refractivity (Wildman–Crippen MR) is 147 cm³/mol. The highest BCUT2D eigenvalue weighted by atomic mass is 19.4. The van der Waals surface area contributed by atoms with Crippen molar-refractivity contribution in [2.24, 2.45) is 0 Å². The number of methoxy groups -OCH3 is 1. The number of aryl methyl sites for hydroxylation is 1. The van der Waals surface area contributed by atoms with Crippen molar-refractivity contribution >= 4 is 12.1 Å². The number of aliphatic carboxylic acids is 1. The molecule has 0 radical (unpaired) electrons. The number of rotatable bonds is 7. The third kappa shape index (κ3) is 6.88. The van der Waals surface area contributed by atoms with Crippen LogP contribution in [0.5, 0.6) is 5.75 Å². The highest BCUT2D eigenvalue weighted by Crippen LogP contribution is 2.50. The van der Waals surface area contributed by atoms with Gasteiger partial charge in [-0.2, -0.15) is 39.5 Å². The van der Waals surface area contributed by atoms with Gasteiger partial charge in [-0.1, -0.05) is 6.07 Å². The Morgan fingerprint density at radius 1 is 0.875 bits per heavy atom. The van der Waals surface area contributed by atoms with Crippen LogP contribution in [0.25, 0.3) is 11.1 Å². The zero-order valence-electron chi connectivity index (χ0n) is 24.7. The van der Waals surface area contributed by atoms with Gasteiger partial charge in [0.25, 0.3) is 0 Å². The van der Waals surface area contributed by atoms with Gasteiger partial charge in [0.05, 0.1) is 35.9 Å². The van der Waals surface area contributed by atoms with E-state index in [4.69, 9.17) is 14.6 Å². The first-order valence-corrected chi connectivity index (χ1v) is 14.4. The van der Waals surface area contributed by atoms with Crippen molar-refractivity contribution in [3.05, 3.63) is 87.7 Å². The van der Waals surface area contributed by atoms with Crippen molar-refractivity contribution in [3.63, 3.8) is 0 Å². The average molecular weight is 694 g/mol. The summed E-state index contributed by atoms with van der Waals surface area (Å²) in [5, 5.41) is 9.08. The number of carboxylic acids is 1. The van der Waals surface area contributed by atoms with Crippen molar-refractivity contribution < 1.29 is 68.1 Å². The van der Waals surface area contributed by atoms with Crippen LogP contribution in [0.3, 0.4) is 0 Å². The molecule has 258 valence electrons. The first kappa shape index (κ1) is 34.8. The van der Waals surface area contributed by atoms with Crippen LogP contribution >= 0.6 is 0 Å². The summed E-state index contributed by atoms with van der Waals surface area (Å²) in [6, 6.07) is 3.15. The molecule has 2 aliphatic heterocycles. The molecule has 0 aromatic heterocycles. The van der Waals surface area contributed by atoms with Gasteiger partial charge < -0.3 is 14.6 Å². The van der Waals surface area contributed by atoms with Crippen LogP contribution in [0.2, 0.25) is 0 Å². The molecule has 0 saturated carbocycles. The molecule has 0 spiro atoms. The quantitative estimate of drug-likeness (QED) is 0.250. The number of ether oxygens (including phenoxy) is 2. The fourth-order valence-corrected chi connectivity index (χ4v) is 6.25. The van der Waals surface area contributed by atoms with Gasteiger partial charge in [-0.25, -0.2) is 9.18 Å². The van der Waals surface area contributed by atoms with E-state index >= 15 is 0 Å². The Balaban J connectivity index is 1.64. The molecule has 48 heavy (non-hydrogen) atoms. The predicted octanol–water partition coefficient (Wildman–Crippen LogP) is 9.36. The topological polar surface area (TPSA) is 76.1 Å². The maximum atomic E-state index is 14.9. The van der Waals surface area contributed by atoms with Crippen LogP contribution in [0.4, 0.5) is 48.7 Å². The SMILES string of the molecule is COc1cc(F)c(CCC(=O)O)cc1-c1ccc(C(F)(F)F)cc1[C@@H]1CCC[C@H]2[C@@H](c3cc(C(F)(F)F)cc(C(F)(F)F)c3)OC(=O)N12. The smallest absolute Gasteiger partial charge is 0.416 e. The Labute approximate surface area is 265 Å². The van der Waals surface area contributed by atoms with E-state index in [0.29, 0.717) is 12.1 Å². The van der Waals surface area contributed by atoms with Crippen LogP contribution in [0.1, 0.15) is 71.2 Å². The maximum Gasteiger partial charge on any atom is 0.416 e. The Morgan fingerprint density at radius 2 is 1.50 bits per heavy atom. The molecule has 0 unspecified atom stereocenters. The minimum Gasteiger partial charge on any atom is -0.496 e. The van der Waals surface area contributed by atoms with Gasteiger partial charge in [-0.15, -0.1) is 0 Å². The number of carboxylic acid groups (broad SMARTS) is 1. The summed E-state index contributed by atoms with van der Waals surface area (Å²) >= 11 is 0. The summed E-state index contributed by atoms with van der Waals surface area (Å²) in [6.45, 7) is 0. The molecule has 5 rings (SSSR count). The number of halogens is 10. The molecule has 1 amide bonds. The lowest BCUT2D eigenvalue weighted by Gasteiger charge is -2.38. The van der Waals surface area contributed by atoms with Crippen LogP contribution in [0, 0.1) is 5.82 Å². The summed E-state index contributed by atoms with van der Waals surface area (Å²) in [4.78, 5) is 25.5. The van der Waals surface area contributed by atoms with Crippen LogP contribution in [-0.4, -0.2) is 35.2 Å². The van der Waals surface area contributed by atoms with E-state index in [1.54, 1.807) is 0 Å². The largest absolute Gasteiger partial charge is 0.496 e. The van der Waals surface area contributed by atoms with Crippen LogP contribution in [0.15, 0.2) is 48.5 Å². The highest BCUT2D eigenvalue weighted by Gasteiger charge is 2.50. The van der Waals surface area contributed by atoms with Gasteiger partial charge in [0, 0.05) is 18.1 Å². The minimum atomic E-state index is -5.18. The van der Waals surface area contributed by atoms with Crippen LogP contribution in [-0.2, 0) is 34.5 Å². The number of piperidine rings is 1. The molecule has 0 aliphatic carbocycles. The van der Waals surface area contributed by atoms with Crippen molar-refractivity contribution in [2.75, 3.05) is 7.11 Å². The molecule has 2 heterocycles. The molecule has 3 aromatic carbocycles. The Hall–Kier alpha value is -4.50.